The summed E-state index contributed by atoms with van der Waals surface area (Å²) in [7, 11) is 0. The van der Waals surface area contributed by atoms with E-state index in [0.717, 1.165) is 29.3 Å². The average Bonchev–Trinajstić information content (AvgIpc) is 3.28. The van der Waals surface area contributed by atoms with Crippen LogP contribution in [0.4, 0.5) is 0 Å². The Hall–Kier alpha value is -2.70. The third-order valence-electron chi connectivity index (χ3n) is 6.05. The third-order valence-corrected chi connectivity index (χ3v) is 7.12. The zero-order valence-corrected chi connectivity index (χ0v) is 17.9. The highest BCUT2D eigenvalue weighted by Gasteiger charge is 2.32. The molecule has 0 spiro atoms. The number of aryl methyl sites for hydroxylation is 1. The molecular weight excluding hydrogens is 392 g/mol. The summed E-state index contributed by atoms with van der Waals surface area (Å²) in [6.45, 7) is 3.89. The lowest BCUT2D eigenvalue weighted by Crippen LogP contribution is -2.37. The fraction of sp³-hybridized carbons (Fsp3) is 0.333. The van der Waals surface area contributed by atoms with Crippen LogP contribution in [0.3, 0.4) is 0 Å². The number of rotatable bonds is 5. The van der Waals surface area contributed by atoms with E-state index in [0.29, 0.717) is 11.7 Å². The second-order valence-electron chi connectivity index (χ2n) is 8.13. The largest absolute Gasteiger partial charge is 0.492 e. The van der Waals surface area contributed by atoms with Crippen molar-refractivity contribution in [3.8, 4) is 5.88 Å². The van der Waals surface area contributed by atoms with E-state index in [1.54, 1.807) is 15.9 Å². The molecule has 6 heteroatoms. The molecule has 2 aromatic carbocycles. The van der Waals surface area contributed by atoms with Crippen LogP contribution in [0, 0.1) is 12.8 Å². The minimum atomic E-state index is 0.0256. The van der Waals surface area contributed by atoms with Crippen LogP contribution < -0.4 is 0 Å². The predicted octanol–water partition coefficient (Wildman–Crippen LogP) is 4.85. The molecule has 1 aliphatic heterocycles. The molecule has 4 aromatic rings. The average molecular weight is 419 g/mol. The predicted molar refractivity (Wildman–Crippen MR) is 120 cm³/mol. The maximum atomic E-state index is 11.0. The molecule has 1 aliphatic rings. The molecule has 0 bridgehead atoms. The van der Waals surface area contributed by atoms with Gasteiger partial charge in [0.2, 0.25) is 10.8 Å². The smallest absolute Gasteiger partial charge is 0.230 e. The topological polar surface area (TPSA) is 53.7 Å². The highest BCUT2D eigenvalue weighted by atomic mass is 32.1. The van der Waals surface area contributed by atoms with Crippen molar-refractivity contribution < 1.29 is 5.11 Å². The number of nitrogens with zero attached hydrogens (tertiary/aromatic N) is 4. The first kappa shape index (κ1) is 19.3. The maximum Gasteiger partial charge on any atom is 0.230 e. The van der Waals surface area contributed by atoms with E-state index in [2.05, 4.69) is 69.6 Å². The summed E-state index contributed by atoms with van der Waals surface area (Å²) in [6.07, 6.45) is 3.48. The summed E-state index contributed by atoms with van der Waals surface area (Å²) in [4.78, 5) is 8.65. The summed E-state index contributed by atoms with van der Waals surface area (Å²) < 4.78 is 1.58. The van der Waals surface area contributed by atoms with Crippen LogP contribution in [0.1, 0.15) is 40.7 Å². The molecule has 1 saturated heterocycles. The first-order chi connectivity index (χ1) is 14.7. The van der Waals surface area contributed by atoms with Crippen molar-refractivity contribution >= 4 is 16.3 Å². The highest BCUT2D eigenvalue weighted by molar-refractivity contribution is 7.17. The molecule has 2 aromatic heterocycles. The molecule has 0 aliphatic carbocycles. The standard InChI is InChI=1S/C24H26N4OS/c1-17-25-24-28(26-17)23(29)22(30-24)21(20-10-6-3-7-11-20)27-14-12-19(13-15-27)16-18-8-4-2-5-9-18/h2-11,19,21,29H,12-16H2,1H3. The lowest BCUT2D eigenvalue weighted by molar-refractivity contribution is 0.150. The molecule has 1 unspecified atom stereocenters. The van der Waals surface area contributed by atoms with Gasteiger partial charge in [-0.15, -0.1) is 5.10 Å². The van der Waals surface area contributed by atoms with Gasteiger partial charge >= 0.3 is 0 Å². The molecule has 1 N–H and O–H groups in total. The van der Waals surface area contributed by atoms with E-state index in [1.165, 1.54) is 24.0 Å². The monoisotopic (exact) mass is 418 g/mol. The van der Waals surface area contributed by atoms with E-state index >= 15 is 0 Å². The Balaban J connectivity index is 1.40. The number of fused-ring (bicyclic) bond motifs is 1. The summed E-state index contributed by atoms with van der Waals surface area (Å²) in [5, 5.41) is 15.3. The maximum absolute atomic E-state index is 11.0. The van der Waals surface area contributed by atoms with Crippen molar-refractivity contribution in [3.05, 3.63) is 82.5 Å². The number of hydrogen-bond donors (Lipinski definition) is 1. The van der Waals surface area contributed by atoms with Gasteiger partial charge in [-0.25, -0.2) is 4.98 Å². The number of aromatic hydroxyl groups is 1. The number of hydrogen-bond acceptors (Lipinski definition) is 5. The number of aromatic nitrogens is 3. The minimum Gasteiger partial charge on any atom is -0.492 e. The van der Waals surface area contributed by atoms with Crippen LogP contribution in [-0.2, 0) is 6.42 Å². The van der Waals surface area contributed by atoms with Gasteiger partial charge in [-0.2, -0.15) is 4.52 Å². The van der Waals surface area contributed by atoms with E-state index in [1.807, 2.05) is 13.0 Å². The molecule has 0 amide bonds. The van der Waals surface area contributed by atoms with Crippen molar-refractivity contribution in [2.24, 2.45) is 5.92 Å². The Kier molecular flexibility index (Phi) is 5.27. The Morgan fingerprint density at radius 3 is 2.37 bits per heavy atom. The number of thiazole rings is 1. The number of piperidine rings is 1. The third kappa shape index (κ3) is 3.73. The van der Waals surface area contributed by atoms with Crippen molar-refractivity contribution in [1.29, 1.82) is 0 Å². The van der Waals surface area contributed by atoms with Gasteiger partial charge in [0.25, 0.3) is 0 Å². The summed E-state index contributed by atoms with van der Waals surface area (Å²) in [6, 6.07) is 21.3. The second-order valence-corrected chi connectivity index (χ2v) is 9.13. The lowest BCUT2D eigenvalue weighted by atomic mass is 9.89. The van der Waals surface area contributed by atoms with E-state index in [-0.39, 0.29) is 11.9 Å². The number of likely N-dealkylation sites (tertiary alicyclic amines) is 1. The quantitative estimate of drug-likeness (QED) is 0.503. The SMILES string of the molecule is Cc1nc2sc(C(c3ccccc3)N3CCC(Cc4ccccc4)CC3)c(O)n2n1. The van der Waals surface area contributed by atoms with Gasteiger partial charge < -0.3 is 5.11 Å². The minimum absolute atomic E-state index is 0.0256. The Labute approximate surface area is 180 Å². The van der Waals surface area contributed by atoms with Crippen molar-refractivity contribution in [3.63, 3.8) is 0 Å². The molecular formula is C24H26N4OS. The molecule has 1 atom stereocenters. The molecule has 1 fully saturated rings. The van der Waals surface area contributed by atoms with Gasteiger partial charge in [0.15, 0.2) is 0 Å². The van der Waals surface area contributed by atoms with Crippen molar-refractivity contribution in [1.82, 2.24) is 19.5 Å². The summed E-state index contributed by atoms with van der Waals surface area (Å²) in [5.74, 6) is 1.61. The Bertz CT molecular complexity index is 1110. The summed E-state index contributed by atoms with van der Waals surface area (Å²) in [5.41, 5.74) is 2.63. The van der Waals surface area contributed by atoms with Crippen LogP contribution in [0.15, 0.2) is 60.7 Å². The van der Waals surface area contributed by atoms with Crippen molar-refractivity contribution in [2.45, 2.75) is 32.2 Å². The van der Waals surface area contributed by atoms with E-state index in [4.69, 9.17) is 0 Å². The zero-order valence-electron chi connectivity index (χ0n) is 17.1. The van der Waals surface area contributed by atoms with Crippen molar-refractivity contribution in [2.75, 3.05) is 13.1 Å². The van der Waals surface area contributed by atoms with Gasteiger partial charge in [-0.05, 0) is 56.3 Å². The molecule has 30 heavy (non-hydrogen) atoms. The van der Waals surface area contributed by atoms with E-state index in [9.17, 15) is 5.11 Å². The van der Waals surface area contributed by atoms with Crippen LogP contribution in [0.2, 0.25) is 0 Å². The van der Waals surface area contributed by atoms with E-state index < -0.39 is 0 Å². The van der Waals surface area contributed by atoms with Gasteiger partial charge in [0, 0.05) is 0 Å². The molecule has 5 nitrogen and oxygen atoms in total. The fourth-order valence-electron chi connectivity index (χ4n) is 4.55. The van der Waals surface area contributed by atoms with Crippen LogP contribution >= 0.6 is 11.3 Å². The number of benzene rings is 2. The van der Waals surface area contributed by atoms with Gasteiger partial charge in [0.1, 0.15) is 5.82 Å². The Morgan fingerprint density at radius 2 is 1.70 bits per heavy atom. The second kappa shape index (κ2) is 8.20. The highest BCUT2D eigenvalue weighted by Crippen LogP contribution is 2.41. The zero-order chi connectivity index (χ0) is 20.5. The summed E-state index contributed by atoms with van der Waals surface area (Å²) >= 11 is 1.54. The van der Waals surface area contributed by atoms with Gasteiger partial charge in [0.05, 0.1) is 10.9 Å². The lowest BCUT2D eigenvalue weighted by Gasteiger charge is -2.37. The van der Waals surface area contributed by atoms with Gasteiger partial charge in [-0.3, -0.25) is 4.90 Å². The first-order valence-corrected chi connectivity index (χ1v) is 11.4. The molecule has 3 heterocycles. The first-order valence-electron chi connectivity index (χ1n) is 10.6. The molecule has 0 radical (unpaired) electrons. The molecule has 5 rings (SSSR count). The Morgan fingerprint density at radius 1 is 1.03 bits per heavy atom. The fourth-order valence-corrected chi connectivity index (χ4v) is 5.71. The van der Waals surface area contributed by atoms with Crippen LogP contribution in [0.5, 0.6) is 5.88 Å². The molecule has 0 saturated carbocycles. The van der Waals surface area contributed by atoms with Crippen LogP contribution in [-0.4, -0.2) is 37.7 Å². The normalized spacial score (nSPS) is 16.8. The van der Waals surface area contributed by atoms with Crippen LogP contribution in [0.25, 0.3) is 4.96 Å². The van der Waals surface area contributed by atoms with Gasteiger partial charge in [-0.1, -0.05) is 72.0 Å². The molecule has 154 valence electrons.